The van der Waals surface area contributed by atoms with Crippen LogP contribution < -0.4 is 5.32 Å². The Morgan fingerprint density at radius 1 is 1.29 bits per heavy atom. The van der Waals surface area contributed by atoms with Gasteiger partial charge in [-0.1, -0.05) is 24.3 Å². The Morgan fingerprint density at radius 2 is 1.96 bits per heavy atom. The molecule has 2 amide bonds. The molecule has 1 heterocycles. The van der Waals surface area contributed by atoms with E-state index in [-0.39, 0.29) is 11.9 Å². The third kappa shape index (κ3) is 4.49. The Kier molecular flexibility index (Phi) is 5.52. The van der Waals surface area contributed by atoms with Crippen LogP contribution in [0.25, 0.3) is 0 Å². The summed E-state index contributed by atoms with van der Waals surface area (Å²) in [5, 5.41) is 2.65. The molecule has 0 unspecified atom stereocenters. The number of carbonyl (C=O) groups excluding carboxylic acids is 2. The minimum absolute atomic E-state index is 0.0633. The second-order valence-corrected chi connectivity index (χ2v) is 7.41. The lowest BCUT2D eigenvalue weighted by Crippen LogP contribution is -2.48. The molecule has 1 aliphatic heterocycles. The maximum atomic E-state index is 12.8. The van der Waals surface area contributed by atoms with Gasteiger partial charge >= 0.3 is 6.09 Å². The monoisotopic (exact) mass is 332 g/mol. The first-order valence-corrected chi connectivity index (χ1v) is 8.54. The zero-order valence-corrected chi connectivity index (χ0v) is 15.3. The van der Waals surface area contributed by atoms with Gasteiger partial charge in [0.25, 0.3) is 0 Å². The van der Waals surface area contributed by atoms with Gasteiger partial charge in [0.1, 0.15) is 11.6 Å². The molecule has 1 saturated heterocycles. The van der Waals surface area contributed by atoms with Crippen molar-refractivity contribution in [3.8, 4) is 0 Å². The first-order chi connectivity index (χ1) is 11.2. The molecule has 5 nitrogen and oxygen atoms in total. The molecule has 1 fully saturated rings. The maximum absolute atomic E-state index is 12.8. The topological polar surface area (TPSA) is 58.6 Å². The molecular weight excluding hydrogens is 304 g/mol. The van der Waals surface area contributed by atoms with Crippen LogP contribution in [-0.2, 0) is 9.53 Å². The van der Waals surface area contributed by atoms with Gasteiger partial charge in [0.15, 0.2) is 0 Å². The molecule has 0 radical (unpaired) electrons. The van der Waals surface area contributed by atoms with Gasteiger partial charge < -0.3 is 15.0 Å². The fourth-order valence-corrected chi connectivity index (χ4v) is 3.11. The predicted octanol–water partition coefficient (Wildman–Crippen LogP) is 3.57. The van der Waals surface area contributed by atoms with Crippen LogP contribution in [0.15, 0.2) is 24.3 Å². The normalized spacial score (nSPS) is 19.0. The quantitative estimate of drug-likeness (QED) is 0.920. The lowest BCUT2D eigenvalue weighted by atomic mass is 9.99. The molecule has 1 aromatic carbocycles. The molecule has 132 valence electrons. The molecule has 1 aromatic rings. The first-order valence-electron chi connectivity index (χ1n) is 8.54. The standard InChI is InChI=1S/C19H28N2O3/c1-13-9-6-7-10-15(13)16-11-8-12-21(16)17(22)14(2)20-18(23)24-19(3,4)5/h6-7,9-10,14,16H,8,11-12H2,1-5H3,(H,20,23)/t14-,16-/m1/s1. The van der Waals surface area contributed by atoms with E-state index in [1.54, 1.807) is 27.7 Å². The number of nitrogens with one attached hydrogen (secondary N) is 1. The average molecular weight is 332 g/mol. The lowest BCUT2D eigenvalue weighted by Gasteiger charge is -2.29. The number of alkyl carbamates (subject to hydrolysis) is 1. The molecule has 1 N–H and O–H groups in total. The zero-order valence-electron chi connectivity index (χ0n) is 15.3. The molecule has 1 aliphatic rings. The van der Waals surface area contributed by atoms with Crippen molar-refractivity contribution < 1.29 is 14.3 Å². The fraction of sp³-hybridized carbons (Fsp3) is 0.579. The summed E-state index contributed by atoms with van der Waals surface area (Å²) >= 11 is 0. The number of likely N-dealkylation sites (tertiary alicyclic amines) is 1. The van der Waals surface area contributed by atoms with Crippen LogP contribution >= 0.6 is 0 Å². The Hall–Kier alpha value is -2.04. The number of hydrogen-bond acceptors (Lipinski definition) is 3. The van der Waals surface area contributed by atoms with Crippen LogP contribution in [0.5, 0.6) is 0 Å². The van der Waals surface area contributed by atoms with Crippen LogP contribution in [-0.4, -0.2) is 35.1 Å². The van der Waals surface area contributed by atoms with E-state index >= 15 is 0 Å². The van der Waals surface area contributed by atoms with Crippen LogP contribution in [0.2, 0.25) is 0 Å². The molecule has 5 heteroatoms. The fourth-order valence-electron chi connectivity index (χ4n) is 3.11. The van der Waals surface area contributed by atoms with Crippen LogP contribution in [0.1, 0.15) is 57.7 Å². The summed E-state index contributed by atoms with van der Waals surface area (Å²) in [6.45, 7) is 9.89. The summed E-state index contributed by atoms with van der Waals surface area (Å²) < 4.78 is 5.23. The van der Waals surface area contributed by atoms with Gasteiger partial charge in [-0.05, 0) is 58.6 Å². The van der Waals surface area contributed by atoms with E-state index < -0.39 is 17.7 Å². The Labute approximate surface area is 144 Å². The second-order valence-electron chi connectivity index (χ2n) is 7.41. The molecule has 2 atom stereocenters. The molecule has 0 spiro atoms. The van der Waals surface area contributed by atoms with E-state index in [1.165, 1.54) is 11.1 Å². The van der Waals surface area contributed by atoms with Crippen molar-refractivity contribution in [2.24, 2.45) is 0 Å². The molecule has 0 bridgehead atoms. The van der Waals surface area contributed by atoms with Crippen molar-refractivity contribution in [2.75, 3.05) is 6.54 Å². The Balaban J connectivity index is 2.05. The highest BCUT2D eigenvalue weighted by Gasteiger charge is 2.34. The van der Waals surface area contributed by atoms with Crippen molar-refractivity contribution in [1.82, 2.24) is 10.2 Å². The molecule has 24 heavy (non-hydrogen) atoms. The summed E-state index contributed by atoms with van der Waals surface area (Å²) in [7, 11) is 0. The second kappa shape index (κ2) is 7.24. The number of amides is 2. The third-order valence-electron chi connectivity index (χ3n) is 4.19. The van der Waals surface area contributed by atoms with Gasteiger partial charge in [0.2, 0.25) is 5.91 Å². The highest BCUT2D eigenvalue weighted by atomic mass is 16.6. The number of benzene rings is 1. The lowest BCUT2D eigenvalue weighted by molar-refractivity contribution is -0.134. The third-order valence-corrected chi connectivity index (χ3v) is 4.19. The number of ether oxygens (including phenoxy) is 1. The first kappa shape index (κ1) is 18.3. The van der Waals surface area contributed by atoms with Gasteiger partial charge in [0.05, 0.1) is 6.04 Å². The Bertz CT molecular complexity index is 607. The smallest absolute Gasteiger partial charge is 0.408 e. The minimum Gasteiger partial charge on any atom is -0.444 e. The molecule has 0 aliphatic carbocycles. The van der Waals surface area contributed by atoms with Gasteiger partial charge in [0, 0.05) is 6.54 Å². The number of aryl methyl sites for hydroxylation is 1. The van der Waals surface area contributed by atoms with Gasteiger partial charge in [-0.3, -0.25) is 4.79 Å². The van der Waals surface area contributed by atoms with Crippen LogP contribution in [0.4, 0.5) is 4.79 Å². The summed E-state index contributed by atoms with van der Waals surface area (Å²) in [6, 6.07) is 7.64. The minimum atomic E-state index is -0.607. The van der Waals surface area contributed by atoms with E-state index in [9.17, 15) is 9.59 Å². The largest absolute Gasteiger partial charge is 0.444 e. The maximum Gasteiger partial charge on any atom is 0.408 e. The van der Waals surface area contributed by atoms with E-state index in [0.717, 1.165) is 19.4 Å². The van der Waals surface area contributed by atoms with Gasteiger partial charge in [-0.15, -0.1) is 0 Å². The molecular formula is C19H28N2O3. The SMILES string of the molecule is Cc1ccccc1[C@H]1CCCN1C(=O)[C@@H](C)NC(=O)OC(C)(C)C. The van der Waals surface area contributed by atoms with E-state index in [4.69, 9.17) is 4.74 Å². The van der Waals surface area contributed by atoms with Crippen molar-refractivity contribution in [3.05, 3.63) is 35.4 Å². The summed E-state index contributed by atoms with van der Waals surface area (Å²) in [4.78, 5) is 26.6. The van der Waals surface area contributed by atoms with Crippen molar-refractivity contribution >= 4 is 12.0 Å². The molecule has 2 rings (SSSR count). The average Bonchev–Trinajstić information content (AvgIpc) is 2.93. The van der Waals surface area contributed by atoms with Crippen molar-refractivity contribution in [2.45, 2.75) is 65.1 Å². The number of nitrogens with zero attached hydrogens (tertiary/aromatic N) is 1. The van der Waals surface area contributed by atoms with Gasteiger partial charge in [-0.25, -0.2) is 4.79 Å². The van der Waals surface area contributed by atoms with Crippen LogP contribution in [0, 0.1) is 6.92 Å². The summed E-state index contributed by atoms with van der Waals surface area (Å²) in [6.07, 6.45) is 1.37. The van der Waals surface area contributed by atoms with Crippen molar-refractivity contribution in [1.29, 1.82) is 0 Å². The number of hydrogen-bond donors (Lipinski definition) is 1. The molecule has 0 saturated carbocycles. The molecule has 0 aromatic heterocycles. The number of carbonyl (C=O) groups is 2. The van der Waals surface area contributed by atoms with E-state index in [1.807, 2.05) is 17.0 Å². The Morgan fingerprint density at radius 3 is 2.58 bits per heavy atom. The van der Waals surface area contributed by atoms with Gasteiger partial charge in [-0.2, -0.15) is 0 Å². The zero-order chi connectivity index (χ0) is 17.9. The summed E-state index contributed by atoms with van der Waals surface area (Å²) in [5.74, 6) is -0.0633. The van der Waals surface area contributed by atoms with E-state index in [2.05, 4.69) is 24.4 Å². The highest BCUT2D eigenvalue weighted by Crippen LogP contribution is 2.34. The van der Waals surface area contributed by atoms with E-state index in [0.29, 0.717) is 0 Å². The van der Waals surface area contributed by atoms with Crippen LogP contribution in [0.3, 0.4) is 0 Å². The predicted molar refractivity (Wildman–Crippen MR) is 93.7 cm³/mol. The number of rotatable bonds is 3. The highest BCUT2D eigenvalue weighted by molar-refractivity contribution is 5.86. The van der Waals surface area contributed by atoms with Crippen molar-refractivity contribution in [3.63, 3.8) is 0 Å². The summed E-state index contributed by atoms with van der Waals surface area (Å²) in [5.41, 5.74) is 1.80.